The Morgan fingerprint density at radius 1 is 1.50 bits per heavy atom. The second-order valence-corrected chi connectivity index (χ2v) is 5.22. The number of para-hydroxylation sites is 1. The highest BCUT2D eigenvalue weighted by Crippen LogP contribution is 2.41. The van der Waals surface area contributed by atoms with Crippen molar-refractivity contribution in [2.45, 2.75) is 31.7 Å². The molecule has 20 heavy (non-hydrogen) atoms. The molecular formula is C15H18N2O3. The number of hydrogen-bond acceptors (Lipinski definition) is 3. The molecule has 1 aliphatic rings. The average Bonchev–Trinajstić information content (AvgIpc) is 3.21. The average molecular weight is 274 g/mol. The van der Waals surface area contributed by atoms with Crippen molar-refractivity contribution in [2.24, 2.45) is 0 Å². The molecule has 1 saturated carbocycles. The van der Waals surface area contributed by atoms with E-state index in [0.717, 1.165) is 42.7 Å². The molecule has 5 nitrogen and oxygen atoms in total. The highest BCUT2D eigenvalue weighted by atomic mass is 16.5. The van der Waals surface area contributed by atoms with Gasteiger partial charge in [0.1, 0.15) is 5.82 Å². The van der Waals surface area contributed by atoms with Gasteiger partial charge in [-0.15, -0.1) is 0 Å². The van der Waals surface area contributed by atoms with Gasteiger partial charge in [-0.1, -0.05) is 6.07 Å². The molecule has 1 aromatic carbocycles. The van der Waals surface area contributed by atoms with Crippen LogP contribution in [-0.2, 0) is 11.3 Å². The van der Waals surface area contributed by atoms with Gasteiger partial charge < -0.3 is 14.4 Å². The number of rotatable bonds is 6. The fourth-order valence-electron chi connectivity index (χ4n) is 2.62. The molecular weight excluding hydrogens is 256 g/mol. The number of aryl methyl sites for hydroxylation is 1. The van der Waals surface area contributed by atoms with Crippen molar-refractivity contribution in [1.29, 1.82) is 0 Å². The van der Waals surface area contributed by atoms with Gasteiger partial charge in [0, 0.05) is 26.2 Å². The summed E-state index contributed by atoms with van der Waals surface area (Å²) in [7, 11) is 1.68. The third kappa shape index (κ3) is 2.29. The fourth-order valence-corrected chi connectivity index (χ4v) is 2.62. The minimum atomic E-state index is -0.897. The van der Waals surface area contributed by atoms with E-state index in [1.807, 2.05) is 6.07 Å². The molecule has 106 valence electrons. The molecule has 1 aromatic heterocycles. The molecule has 0 radical (unpaired) electrons. The van der Waals surface area contributed by atoms with Crippen LogP contribution in [0, 0.1) is 0 Å². The van der Waals surface area contributed by atoms with Gasteiger partial charge in [-0.3, -0.25) is 0 Å². The van der Waals surface area contributed by atoms with Crippen molar-refractivity contribution in [3.8, 4) is 0 Å². The van der Waals surface area contributed by atoms with Crippen LogP contribution in [0.15, 0.2) is 18.2 Å². The maximum absolute atomic E-state index is 11.4. The molecule has 3 rings (SSSR count). The number of benzene rings is 1. The van der Waals surface area contributed by atoms with Gasteiger partial charge in [0.15, 0.2) is 0 Å². The lowest BCUT2D eigenvalue weighted by molar-refractivity contribution is 0.0698. The number of fused-ring (bicyclic) bond motifs is 1. The van der Waals surface area contributed by atoms with Gasteiger partial charge in [-0.25, -0.2) is 9.78 Å². The van der Waals surface area contributed by atoms with Crippen LogP contribution in [0.1, 0.15) is 41.4 Å². The Bertz CT molecular complexity index is 644. The van der Waals surface area contributed by atoms with Gasteiger partial charge in [-0.05, 0) is 31.4 Å². The Kier molecular flexibility index (Phi) is 3.44. The first-order chi connectivity index (χ1) is 9.72. The fraction of sp³-hybridized carbons (Fsp3) is 0.467. The maximum Gasteiger partial charge on any atom is 0.337 e. The second kappa shape index (κ2) is 5.25. The van der Waals surface area contributed by atoms with Crippen LogP contribution in [0.3, 0.4) is 0 Å². The topological polar surface area (TPSA) is 64.4 Å². The van der Waals surface area contributed by atoms with Crippen LogP contribution < -0.4 is 0 Å². The van der Waals surface area contributed by atoms with Crippen LogP contribution in [0.5, 0.6) is 0 Å². The van der Waals surface area contributed by atoms with Crippen LogP contribution in [0.4, 0.5) is 0 Å². The van der Waals surface area contributed by atoms with E-state index in [1.165, 1.54) is 0 Å². The van der Waals surface area contributed by atoms with Crippen molar-refractivity contribution in [1.82, 2.24) is 9.55 Å². The number of carboxylic acid groups (broad SMARTS) is 1. The predicted molar refractivity (Wildman–Crippen MR) is 75.2 cm³/mol. The Labute approximate surface area is 117 Å². The minimum Gasteiger partial charge on any atom is -0.478 e. The summed E-state index contributed by atoms with van der Waals surface area (Å²) in [5.41, 5.74) is 1.86. The number of ether oxygens (including phenoxy) is 1. The molecule has 0 saturated heterocycles. The summed E-state index contributed by atoms with van der Waals surface area (Å²) in [6, 6.07) is 5.30. The molecule has 0 bridgehead atoms. The van der Waals surface area contributed by atoms with E-state index in [0.29, 0.717) is 18.1 Å². The minimum absolute atomic E-state index is 0.333. The Balaban J connectivity index is 2.10. The Morgan fingerprint density at radius 3 is 2.95 bits per heavy atom. The van der Waals surface area contributed by atoms with Crippen molar-refractivity contribution in [3.05, 3.63) is 29.6 Å². The molecule has 0 unspecified atom stereocenters. The van der Waals surface area contributed by atoms with E-state index in [4.69, 9.17) is 4.74 Å². The standard InChI is InChI=1S/C15H18N2O3/c1-20-9-3-8-17-13-11(15(18)19)4-2-5-12(13)16-14(17)10-6-7-10/h2,4-5,10H,3,6-9H2,1H3,(H,18,19). The SMILES string of the molecule is COCCCn1c(C2CC2)nc2cccc(C(=O)O)c21. The largest absolute Gasteiger partial charge is 0.478 e. The number of aromatic nitrogens is 2. The zero-order valence-corrected chi connectivity index (χ0v) is 11.5. The molecule has 2 aromatic rings. The summed E-state index contributed by atoms with van der Waals surface area (Å²) in [6.45, 7) is 1.42. The van der Waals surface area contributed by atoms with Crippen molar-refractivity contribution in [2.75, 3.05) is 13.7 Å². The lowest BCUT2D eigenvalue weighted by Crippen LogP contribution is -2.08. The zero-order chi connectivity index (χ0) is 14.1. The quantitative estimate of drug-likeness (QED) is 0.822. The lowest BCUT2D eigenvalue weighted by atomic mass is 10.2. The van der Waals surface area contributed by atoms with Gasteiger partial charge in [0.25, 0.3) is 0 Å². The van der Waals surface area contributed by atoms with Gasteiger partial charge in [0.2, 0.25) is 0 Å². The van der Waals surface area contributed by atoms with Gasteiger partial charge >= 0.3 is 5.97 Å². The van der Waals surface area contributed by atoms with E-state index >= 15 is 0 Å². The first-order valence-electron chi connectivity index (χ1n) is 6.93. The van der Waals surface area contributed by atoms with Crippen LogP contribution in [0.2, 0.25) is 0 Å². The molecule has 5 heteroatoms. The van der Waals surface area contributed by atoms with E-state index < -0.39 is 5.97 Å². The molecule has 1 N–H and O–H groups in total. The zero-order valence-electron chi connectivity index (χ0n) is 11.5. The summed E-state index contributed by atoms with van der Waals surface area (Å²) >= 11 is 0. The third-order valence-corrected chi connectivity index (χ3v) is 3.70. The smallest absolute Gasteiger partial charge is 0.337 e. The summed E-state index contributed by atoms with van der Waals surface area (Å²) in [6.07, 6.45) is 3.15. The van der Waals surface area contributed by atoms with E-state index in [-0.39, 0.29) is 0 Å². The number of carboxylic acids is 1. The molecule has 1 heterocycles. The summed E-state index contributed by atoms with van der Waals surface area (Å²) in [5, 5.41) is 9.38. The molecule has 0 amide bonds. The number of carbonyl (C=O) groups is 1. The van der Waals surface area contributed by atoms with Crippen molar-refractivity contribution in [3.63, 3.8) is 0 Å². The number of methoxy groups -OCH3 is 1. The molecule has 0 aliphatic heterocycles. The van der Waals surface area contributed by atoms with Crippen LogP contribution >= 0.6 is 0 Å². The molecule has 0 atom stereocenters. The number of imidazole rings is 1. The Hall–Kier alpha value is -1.88. The van der Waals surface area contributed by atoms with Crippen molar-refractivity contribution < 1.29 is 14.6 Å². The molecule has 1 fully saturated rings. The maximum atomic E-state index is 11.4. The van der Waals surface area contributed by atoms with Crippen molar-refractivity contribution >= 4 is 17.0 Å². The summed E-state index contributed by atoms with van der Waals surface area (Å²) in [4.78, 5) is 16.1. The monoisotopic (exact) mass is 274 g/mol. The lowest BCUT2D eigenvalue weighted by Gasteiger charge is -2.09. The highest BCUT2D eigenvalue weighted by Gasteiger charge is 2.30. The van der Waals surface area contributed by atoms with Gasteiger partial charge in [-0.2, -0.15) is 0 Å². The normalized spacial score (nSPS) is 14.8. The first kappa shape index (κ1) is 13.1. The summed E-state index contributed by atoms with van der Waals surface area (Å²) < 4.78 is 7.17. The Morgan fingerprint density at radius 2 is 2.30 bits per heavy atom. The third-order valence-electron chi connectivity index (χ3n) is 3.70. The number of nitrogens with zero attached hydrogens (tertiary/aromatic N) is 2. The first-order valence-corrected chi connectivity index (χ1v) is 6.93. The van der Waals surface area contributed by atoms with Crippen LogP contribution in [-0.4, -0.2) is 34.3 Å². The predicted octanol–water partition coefficient (Wildman–Crippen LogP) is 2.65. The highest BCUT2D eigenvalue weighted by molar-refractivity contribution is 6.01. The number of hydrogen-bond donors (Lipinski definition) is 1. The molecule has 1 aliphatic carbocycles. The second-order valence-electron chi connectivity index (χ2n) is 5.22. The van der Waals surface area contributed by atoms with Gasteiger partial charge in [0.05, 0.1) is 16.6 Å². The van der Waals surface area contributed by atoms with Crippen LogP contribution in [0.25, 0.3) is 11.0 Å². The van der Waals surface area contributed by atoms with E-state index in [1.54, 1.807) is 19.2 Å². The van der Waals surface area contributed by atoms with E-state index in [2.05, 4.69) is 9.55 Å². The van der Waals surface area contributed by atoms with E-state index in [9.17, 15) is 9.90 Å². The summed E-state index contributed by atoms with van der Waals surface area (Å²) in [5.74, 6) is 0.627. The number of aromatic carboxylic acids is 1. The molecule has 0 spiro atoms.